The average molecular weight is 299 g/mol. The number of hydrogen-bond acceptors (Lipinski definition) is 1. The first-order chi connectivity index (χ1) is 9.13. The van der Waals surface area contributed by atoms with Crippen molar-refractivity contribution in [2.45, 2.75) is 45.4 Å². The maximum atomic E-state index is 6.25. The van der Waals surface area contributed by atoms with Gasteiger partial charge in [0.2, 0.25) is 0 Å². The van der Waals surface area contributed by atoms with Gasteiger partial charge in [-0.3, -0.25) is 0 Å². The van der Waals surface area contributed by atoms with Crippen molar-refractivity contribution in [1.29, 1.82) is 0 Å². The molecule has 0 N–H and O–H groups in total. The monoisotopic (exact) mass is 298 g/mol. The first kappa shape index (κ1) is 16.2. The highest BCUT2D eigenvalue weighted by Crippen LogP contribution is 2.39. The Bertz CT molecular complexity index is 449. The van der Waals surface area contributed by atoms with Gasteiger partial charge >= 0.3 is 0 Å². The summed E-state index contributed by atoms with van der Waals surface area (Å²) >= 11 is 12.4. The van der Waals surface area contributed by atoms with Crippen molar-refractivity contribution in [3.8, 4) is 18.1 Å². The summed E-state index contributed by atoms with van der Waals surface area (Å²) < 4.78 is 5.79. The van der Waals surface area contributed by atoms with Gasteiger partial charge in [-0.25, -0.2) is 0 Å². The second-order valence-corrected chi connectivity index (χ2v) is 5.39. The van der Waals surface area contributed by atoms with Crippen molar-refractivity contribution in [3.63, 3.8) is 0 Å². The van der Waals surface area contributed by atoms with E-state index in [-0.39, 0.29) is 5.92 Å². The molecule has 104 valence electrons. The predicted molar refractivity (Wildman–Crippen MR) is 83.3 cm³/mol. The van der Waals surface area contributed by atoms with Gasteiger partial charge in [0.15, 0.2) is 0 Å². The first-order valence-electron chi connectivity index (χ1n) is 6.69. The minimum absolute atomic E-state index is 0.248. The van der Waals surface area contributed by atoms with Gasteiger partial charge in [-0.1, -0.05) is 43.5 Å². The molecule has 0 spiro atoms. The summed E-state index contributed by atoms with van der Waals surface area (Å²) in [5, 5.41) is 1.19. The van der Waals surface area contributed by atoms with Crippen LogP contribution in [0, 0.1) is 12.3 Å². The minimum atomic E-state index is 0.248. The number of ether oxygens (including phenoxy) is 1. The number of rotatable bonds is 7. The van der Waals surface area contributed by atoms with Gasteiger partial charge in [0, 0.05) is 17.0 Å². The van der Waals surface area contributed by atoms with Crippen LogP contribution in [0.1, 0.15) is 51.0 Å². The van der Waals surface area contributed by atoms with Crippen molar-refractivity contribution < 1.29 is 4.74 Å². The molecule has 1 aromatic carbocycles. The fourth-order valence-corrected chi connectivity index (χ4v) is 2.66. The van der Waals surface area contributed by atoms with E-state index in [1.54, 1.807) is 6.07 Å². The SMILES string of the molecule is C#CCC(CCC)c1cc(Cl)cc(Cl)c1OCCC. The number of hydrogen-bond donors (Lipinski definition) is 0. The molecule has 19 heavy (non-hydrogen) atoms. The van der Waals surface area contributed by atoms with Crippen LogP contribution in [0.5, 0.6) is 5.75 Å². The lowest BCUT2D eigenvalue weighted by molar-refractivity contribution is 0.311. The van der Waals surface area contributed by atoms with E-state index < -0.39 is 0 Å². The normalized spacial score (nSPS) is 11.9. The summed E-state index contributed by atoms with van der Waals surface area (Å²) in [6, 6.07) is 3.65. The fraction of sp³-hybridized carbons (Fsp3) is 0.500. The molecule has 1 unspecified atom stereocenters. The highest BCUT2D eigenvalue weighted by molar-refractivity contribution is 6.35. The Labute approximate surface area is 126 Å². The zero-order chi connectivity index (χ0) is 14.3. The van der Waals surface area contributed by atoms with Crippen molar-refractivity contribution >= 4 is 23.2 Å². The molecule has 1 atom stereocenters. The molecule has 0 amide bonds. The van der Waals surface area contributed by atoms with E-state index in [1.165, 1.54) is 0 Å². The molecule has 0 aliphatic rings. The van der Waals surface area contributed by atoms with Crippen LogP contribution in [0.15, 0.2) is 12.1 Å². The lowest BCUT2D eigenvalue weighted by Gasteiger charge is -2.20. The fourth-order valence-electron chi connectivity index (χ4n) is 2.10. The second kappa shape index (κ2) is 8.35. The highest BCUT2D eigenvalue weighted by Gasteiger charge is 2.18. The number of terminal acetylenes is 1. The molecule has 1 nitrogen and oxygen atoms in total. The van der Waals surface area contributed by atoms with E-state index in [0.29, 0.717) is 23.1 Å². The van der Waals surface area contributed by atoms with Crippen LogP contribution >= 0.6 is 23.2 Å². The van der Waals surface area contributed by atoms with Crippen LogP contribution in [0.25, 0.3) is 0 Å². The van der Waals surface area contributed by atoms with E-state index in [1.807, 2.05) is 6.07 Å². The highest BCUT2D eigenvalue weighted by atomic mass is 35.5. The third-order valence-corrected chi connectivity index (χ3v) is 3.43. The molecule has 0 aliphatic carbocycles. The van der Waals surface area contributed by atoms with E-state index >= 15 is 0 Å². The predicted octanol–water partition coefficient (Wildman–Crippen LogP) is 5.69. The number of benzene rings is 1. The van der Waals surface area contributed by atoms with Gasteiger partial charge in [0.1, 0.15) is 5.75 Å². The molecule has 0 bridgehead atoms. The second-order valence-electron chi connectivity index (χ2n) is 4.55. The molecular formula is C16H20Cl2O. The largest absolute Gasteiger partial charge is 0.492 e. The van der Waals surface area contributed by atoms with Crippen molar-refractivity contribution in [2.24, 2.45) is 0 Å². The Hall–Kier alpha value is -0.840. The standard InChI is InChI=1S/C16H20Cl2O/c1-4-7-12(8-5-2)14-10-13(17)11-15(18)16(14)19-9-6-3/h1,10-12H,5-9H2,2-3H3. The van der Waals surface area contributed by atoms with E-state index in [2.05, 4.69) is 19.8 Å². The summed E-state index contributed by atoms with van der Waals surface area (Å²) in [5.74, 6) is 3.72. The van der Waals surface area contributed by atoms with Gasteiger partial charge in [0.05, 0.1) is 11.6 Å². The van der Waals surface area contributed by atoms with Crippen LogP contribution in [0.4, 0.5) is 0 Å². The van der Waals surface area contributed by atoms with Crippen LogP contribution in [-0.4, -0.2) is 6.61 Å². The van der Waals surface area contributed by atoms with Gasteiger partial charge in [-0.2, -0.15) is 0 Å². The summed E-state index contributed by atoms with van der Waals surface area (Å²) in [6.45, 7) is 4.85. The number of halogens is 2. The lowest BCUT2D eigenvalue weighted by Crippen LogP contribution is -2.05. The maximum Gasteiger partial charge on any atom is 0.141 e. The topological polar surface area (TPSA) is 9.23 Å². The van der Waals surface area contributed by atoms with Gasteiger partial charge in [-0.15, -0.1) is 12.3 Å². The van der Waals surface area contributed by atoms with Gasteiger partial charge in [0.25, 0.3) is 0 Å². The van der Waals surface area contributed by atoms with Crippen LogP contribution in [0.2, 0.25) is 10.0 Å². The third kappa shape index (κ3) is 4.64. The Kier molecular flexibility index (Phi) is 7.13. The maximum absolute atomic E-state index is 6.25. The Morgan fingerprint density at radius 2 is 2.00 bits per heavy atom. The minimum Gasteiger partial charge on any atom is -0.492 e. The molecular weight excluding hydrogens is 279 g/mol. The van der Waals surface area contributed by atoms with Crippen LogP contribution in [-0.2, 0) is 0 Å². The summed E-state index contributed by atoms with van der Waals surface area (Å²) in [5.41, 5.74) is 1.03. The Morgan fingerprint density at radius 1 is 1.26 bits per heavy atom. The van der Waals surface area contributed by atoms with E-state index in [4.69, 9.17) is 34.4 Å². The van der Waals surface area contributed by atoms with E-state index in [0.717, 1.165) is 30.6 Å². The quantitative estimate of drug-likeness (QED) is 0.588. The first-order valence-corrected chi connectivity index (χ1v) is 7.44. The zero-order valence-electron chi connectivity index (χ0n) is 11.5. The summed E-state index contributed by atoms with van der Waals surface area (Å²) in [6.07, 6.45) is 9.14. The van der Waals surface area contributed by atoms with Crippen molar-refractivity contribution in [2.75, 3.05) is 6.61 Å². The molecule has 0 aromatic heterocycles. The Morgan fingerprint density at radius 3 is 2.58 bits per heavy atom. The molecule has 1 rings (SSSR count). The molecule has 0 saturated carbocycles. The van der Waals surface area contributed by atoms with Crippen LogP contribution < -0.4 is 4.74 Å². The van der Waals surface area contributed by atoms with Crippen molar-refractivity contribution in [3.05, 3.63) is 27.7 Å². The third-order valence-electron chi connectivity index (χ3n) is 2.93. The van der Waals surface area contributed by atoms with E-state index in [9.17, 15) is 0 Å². The Balaban J connectivity index is 3.16. The molecule has 0 aliphatic heterocycles. The van der Waals surface area contributed by atoms with Gasteiger partial charge in [-0.05, 0) is 30.9 Å². The summed E-state index contributed by atoms with van der Waals surface area (Å²) in [4.78, 5) is 0. The molecule has 0 fully saturated rings. The lowest BCUT2D eigenvalue weighted by atomic mass is 9.91. The van der Waals surface area contributed by atoms with Crippen LogP contribution in [0.3, 0.4) is 0 Å². The molecule has 3 heteroatoms. The molecule has 0 radical (unpaired) electrons. The molecule has 1 aromatic rings. The van der Waals surface area contributed by atoms with Crippen molar-refractivity contribution in [1.82, 2.24) is 0 Å². The average Bonchev–Trinajstić information content (AvgIpc) is 2.37. The smallest absolute Gasteiger partial charge is 0.141 e. The zero-order valence-corrected chi connectivity index (χ0v) is 13.0. The molecule has 0 heterocycles. The van der Waals surface area contributed by atoms with Gasteiger partial charge < -0.3 is 4.74 Å². The summed E-state index contributed by atoms with van der Waals surface area (Å²) in [7, 11) is 0. The molecule has 0 saturated heterocycles.